The van der Waals surface area contributed by atoms with E-state index in [1.165, 1.54) is 43.5 Å². The van der Waals surface area contributed by atoms with Gasteiger partial charge in [0.05, 0.1) is 28.7 Å². The van der Waals surface area contributed by atoms with Crippen LogP contribution < -0.4 is 14.8 Å². The number of aliphatic hydroxyl groups excluding tert-OH is 1. The number of hydrogen-bond donors (Lipinski definition) is 2. The Hall–Kier alpha value is -2.71. The van der Waals surface area contributed by atoms with Gasteiger partial charge in [-0.1, -0.05) is 51.1 Å². The molecule has 1 heterocycles. The summed E-state index contributed by atoms with van der Waals surface area (Å²) in [5.41, 5.74) is 0.804. The second kappa shape index (κ2) is 13.3. The average molecular weight is 598 g/mol. The van der Waals surface area contributed by atoms with Gasteiger partial charge in [0.25, 0.3) is 0 Å². The van der Waals surface area contributed by atoms with Crippen LogP contribution in [-0.4, -0.2) is 88.3 Å². The molecule has 0 saturated carbocycles. The number of benzene rings is 2. The molecule has 1 aliphatic heterocycles. The molecule has 0 spiro atoms. The molecule has 0 radical (unpaired) electrons. The topological polar surface area (TPSA) is 143 Å². The maximum Gasteiger partial charge on any atom is 0.243 e. The number of fused-ring (bicyclic) bond motifs is 1. The van der Waals surface area contributed by atoms with Crippen LogP contribution in [0.2, 0.25) is 0 Å². The third-order valence-electron chi connectivity index (χ3n) is 6.55. The monoisotopic (exact) mass is 597 g/mol. The van der Waals surface area contributed by atoms with E-state index in [-0.39, 0.29) is 37.1 Å². The number of ether oxygens (including phenoxy) is 2. The first-order valence-electron chi connectivity index (χ1n) is 13.0. The van der Waals surface area contributed by atoms with Crippen molar-refractivity contribution < 1.29 is 36.2 Å². The molecule has 0 aliphatic carbocycles. The molecule has 2 aromatic rings. The molecule has 0 bridgehead atoms. The van der Waals surface area contributed by atoms with Crippen molar-refractivity contribution in [2.24, 2.45) is 11.8 Å². The van der Waals surface area contributed by atoms with Crippen molar-refractivity contribution in [2.75, 3.05) is 39.7 Å². The number of nitrogens with one attached hydrogen (secondary N) is 1. The summed E-state index contributed by atoms with van der Waals surface area (Å²) >= 11 is 0. The van der Waals surface area contributed by atoms with E-state index in [4.69, 9.17) is 9.47 Å². The van der Waals surface area contributed by atoms with Crippen LogP contribution in [0.4, 0.5) is 0 Å². The summed E-state index contributed by atoms with van der Waals surface area (Å²) in [7, 11) is -4.97. The van der Waals surface area contributed by atoms with Crippen molar-refractivity contribution in [1.82, 2.24) is 13.9 Å². The van der Waals surface area contributed by atoms with Gasteiger partial charge in [-0.05, 0) is 30.0 Å². The fraction of sp³-hybridized carbons (Fsp3) is 0.519. The van der Waals surface area contributed by atoms with E-state index in [2.05, 4.69) is 5.32 Å². The molecule has 3 rings (SSSR count). The molecular weight excluding hydrogens is 558 g/mol. The molecule has 0 fully saturated rings. The summed E-state index contributed by atoms with van der Waals surface area (Å²) in [4.78, 5) is 12.7. The van der Waals surface area contributed by atoms with Crippen LogP contribution in [0.25, 0.3) is 0 Å². The molecule has 1 unspecified atom stereocenters. The zero-order chi connectivity index (χ0) is 29.7. The van der Waals surface area contributed by atoms with Gasteiger partial charge in [0, 0.05) is 33.3 Å². The Kier molecular flexibility index (Phi) is 10.6. The van der Waals surface area contributed by atoms with Gasteiger partial charge in [-0.25, -0.2) is 21.1 Å². The normalized spacial score (nSPS) is 15.8. The Morgan fingerprint density at radius 1 is 1.00 bits per heavy atom. The van der Waals surface area contributed by atoms with E-state index in [1.807, 2.05) is 44.2 Å². The number of sulfonamides is 2. The van der Waals surface area contributed by atoms with Crippen LogP contribution in [0, 0.1) is 11.8 Å². The lowest BCUT2D eigenvalue weighted by molar-refractivity contribution is -0.124. The van der Waals surface area contributed by atoms with Gasteiger partial charge in [-0.15, -0.1) is 0 Å². The minimum atomic E-state index is -4.13. The number of amides is 1. The van der Waals surface area contributed by atoms with Gasteiger partial charge in [-0.3, -0.25) is 4.79 Å². The Morgan fingerprint density at radius 3 is 2.27 bits per heavy atom. The number of nitrogens with zero attached hydrogens (tertiary/aromatic N) is 2. The van der Waals surface area contributed by atoms with Gasteiger partial charge < -0.3 is 19.9 Å². The van der Waals surface area contributed by atoms with Crippen molar-refractivity contribution in [3.63, 3.8) is 0 Å². The summed E-state index contributed by atoms with van der Waals surface area (Å²) < 4.78 is 65.5. The molecule has 13 heteroatoms. The third-order valence-corrected chi connectivity index (χ3v) is 10.5. The highest BCUT2D eigenvalue weighted by atomic mass is 32.2. The Labute approximate surface area is 237 Å². The van der Waals surface area contributed by atoms with E-state index in [9.17, 15) is 26.7 Å². The maximum atomic E-state index is 14.0. The molecule has 222 valence electrons. The number of hydrogen-bond acceptors (Lipinski definition) is 8. The highest BCUT2D eigenvalue weighted by Gasteiger charge is 2.37. The highest BCUT2D eigenvalue weighted by Crippen LogP contribution is 2.35. The van der Waals surface area contributed by atoms with Crippen LogP contribution in [-0.2, 0) is 31.3 Å². The highest BCUT2D eigenvalue weighted by molar-refractivity contribution is 7.89. The quantitative estimate of drug-likeness (QED) is 0.335. The molecule has 2 N–H and O–H groups in total. The van der Waals surface area contributed by atoms with E-state index in [0.29, 0.717) is 11.5 Å². The van der Waals surface area contributed by atoms with Gasteiger partial charge in [0.15, 0.2) is 11.5 Å². The Balaban J connectivity index is 1.90. The summed E-state index contributed by atoms with van der Waals surface area (Å²) in [6.07, 6.45) is -1.12. The summed E-state index contributed by atoms with van der Waals surface area (Å²) in [5.74, 6) is -1.15. The number of aliphatic hydroxyl groups is 1. The van der Waals surface area contributed by atoms with E-state index in [1.54, 1.807) is 0 Å². The van der Waals surface area contributed by atoms with Crippen LogP contribution in [0.15, 0.2) is 53.4 Å². The summed E-state index contributed by atoms with van der Waals surface area (Å²) in [6.45, 7) is 5.08. The smallest absolute Gasteiger partial charge is 0.243 e. The molecule has 0 aromatic heterocycles. The second-order valence-electron chi connectivity index (χ2n) is 10.5. The summed E-state index contributed by atoms with van der Waals surface area (Å²) in [5, 5.41) is 14.0. The molecule has 0 saturated heterocycles. The van der Waals surface area contributed by atoms with Crippen molar-refractivity contribution >= 4 is 26.0 Å². The number of carbonyl (C=O) groups is 1. The number of carbonyl (C=O) groups excluding carboxylic acids is 1. The molecular formula is C27H39N3O8S2. The molecule has 40 heavy (non-hydrogen) atoms. The Bertz CT molecular complexity index is 1370. The van der Waals surface area contributed by atoms with Crippen molar-refractivity contribution in [1.29, 1.82) is 0 Å². The molecule has 1 aliphatic rings. The van der Waals surface area contributed by atoms with Crippen LogP contribution in [0.1, 0.15) is 26.3 Å². The molecule has 2 aromatic carbocycles. The van der Waals surface area contributed by atoms with Crippen LogP contribution in [0.3, 0.4) is 0 Å². The van der Waals surface area contributed by atoms with Gasteiger partial charge in [-0.2, -0.15) is 4.31 Å². The van der Waals surface area contributed by atoms with E-state index < -0.39 is 49.8 Å². The van der Waals surface area contributed by atoms with Gasteiger partial charge in [0.1, 0.15) is 0 Å². The van der Waals surface area contributed by atoms with Gasteiger partial charge in [0.2, 0.25) is 32.7 Å². The van der Waals surface area contributed by atoms with Crippen molar-refractivity contribution in [2.45, 2.75) is 44.2 Å². The number of rotatable bonds is 14. The fourth-order valence-electron chi connectivity index (χ4n) is 4.29. The first-order valence-corrected chi connectivity index (χ1v) is 16.1. The van der Waals surface area contributed by atoms with E-state index in [0.717, 1.165) is 9.87 Å². The third kappa shape index (κ3) is 7.94. The molecule has 3 atom stereocenters. The summed E-state index contributed by atoms with van der Waals surface area (Å²) in [6, 6.07) is 12.6. The zero-order valence-electron chi connectivity index (χ0n) is 23.5. The standard InChI is InChI=1S/C27H39N3O8S2/c1-19(2)16-30(40(35,36)22-11-12-25-26(14-22)38-18-37-25)23(13-21-9-7-6-8-10-21)24(31)15-28-27(32)20(3)17-39(33,34)29(4)5/h6-12,14,19-20,23-24,31H,13,15-18H2,1-5H3,(H,28,32)/t20-,23?,24+/m0/s1. The lowest BCUT2D eigenvalue weighted by atomic mass is 10.00. The van der Waals surface area contributed by atoms with Crippen molar-refractivity contribution in [3.8, 4) is 11.5 Å². The Morgan fingerprint density at radius 2 is 1.65 bits per heavy atom. The first-order chi connectivity index (χ1) is 18.7. The van der Waals surface area contributed by atoms with Crippen LogP contribution >= 0.6 is 0 Å². The lowest BCUT2D eigenvalue weighted by Gasteiger charge is -2.35. The largest absolute Gasteiger partial charge is 0.454 e. The fourth-order valence-corrected chi connectivity index (χ4v) is 7.20. The minimum absolute atomic E-state index is 0.00213. The van der Waals surface area contributed by atoms with Crippen molar-refractivity contribution in [3.05, 3.63) is 54.1 Å². The molecule has 1 amide bonds. The SMILES string of the molecule is CC(C)CN(C(Cc1ccccc1)[C@H](O)CNC(=O)[C@@H](C)CS(=O)(=O)N(C)C)S(=O)(=O)c1ccc2c(c1)OCO2. The van der Waals surface area contributed by atoms with Crippen LogP contribution in [0.5, 0.6) is 11.5 Å². The zero-order valence-corrected chi connectivity index (χ0v) is 25.1. The molecule has 11 nitrogen and oxygen atoms in total. The van der Waals surface area contributed by atoms with Gasteiger partial charge >= 0.3 is 0 Å². The predicted octanol–water partition coefficient (Wildman–Crippen LogP) is 1.68. The van der Waals surface area contributed by atoms with E-state index >= 15 is 0 Å². The lowest BCUT2D eigenvalue weighted by Crippen LogP contribution is -2.53. The minimum Gasteiger partial charge on any atom is -0.454 e. The average Bonchev–Trinajstić information content (AvgIpc) is 3.37. The first kappa shape index (κ1) is 31.8. The maximum absolute atomic E-state index is 14.0. The second-order valence-corrected chi connectivity index (χ2v) is 14.6. The predicted molar refractivity (Wildman–Crippen MR) is 151 cm³/mol.